The lowest BCUT2D eigenvalue weighted by Crippen LogP contribution is -2.25. The number of fused-ring (bicyclic) bond motifs is 3. The van der Waals surface area contributed by atoms with Crippen molar-refractivity contribution in [1.82, 2.24) is 9.13 Å². The molecular formula is C27H29N3O5S. The molecule has 5 rings (SSSR count). The number of benzene rings is 2. The van der Waals surface area contributed by atoms with E-state index in [4.69, 9.17) is 10.3 Å². The van der Waals surface area contributed by atoms with Gasteiger partial charge in [-0.2, -0.15) is 0 Å². The third kappa shape index (κ3) is 3.91. The van der Waals surface area contributed by atoms with Gasteiger partial charge >= 0.3 is 0 Å². The second-order valence-corrected chi connectivity index (χ2v) is 11.8. The summed E-state index contributed by atoms with van der Waals surface area (Å²) in [4.78, 5) is 25.6. The number of amides is 1. The van der Waals surface area contributed by atoms with Crippen LogP contribution in [0.15, 0.2) is 34.9 Å². The van der Waals surface area contributed by atoms with Gasteiger partial charge in [0.1, 0.15) is 5.76 Å². The molecule has 0 spiro atoms. The molecule has 0 aliphatic heterocycles. The van der Waals surface area contributed by atoms with Crippen LogP contribution in [0.5, 0.6) is 0 Å². The van der Waals surface area contributed by atoms with Crippen LogP contribution in [0.1, 0.15) is 64.8 Å². The standard InChI is InChI=1S/C27H29N3O5S/c1-5-16-8-17(9-16)10-24(31)18-6-7-20-21-11-19(25-14(2)29-35-15(25)3)12-22(27(28)32)26(21)30(23(20)13-18)36(4,33)34/h6-7,11-13,16-17H,5,8-10H2,1-4H3,(H2,28,32). The third-order valence-corrected chi connectivity index (χ3v) is 8.49. The number of nitrogens with zero attached hydrogens (tertiary/aromatic N) is 2. The Bertz CT molecular complexity index is 1640. The molecule has 0 bridgehead atoms. The minimum atomic E-state index is -3.85. The maximum absolute atomic E-state index is 13.1. The van der Waals surface area contributed by atoms with E-state index in [2.05, 4.69) is 12.1 Å². The quantitative estimate of drug-likeness (QED) is 0.352. The second kappa shape index (κ2) is 8.58. The first-order valence-electron chi connectivity index (χ1n) is 12.1. The number of hydrogen-bond donors (Lipinski definition) is 1. The zero-order valence-electron chi connectivity index (χ0n) is 20.8. The number of primary amides is 1. The monoisotopic (exact) mass is 507 g/mol. The van der Waals surface area contributed by atoms with Gasteiger partial charge in [-0.1, -0.05) is 30.6 Å². The fourth-order valence-electron chi connectivity index (χ4n) is 5.61. The number of nitrogens with two attached hydrogens (primary N) is 1. The highest BCUT2D eigenvalue weighted by atomic mass is 32.2. The molecule has 1 saturated carbocycles. The number of carbonyl (C=O) groups is 2. The molecule has 2 aromatic carbocycles. The maximum Gasteiger partial charge on any atom is 0.250 e. The Balaban J connectivity index is 1.74. The summed E-state index contributed by atoms with van der Waals surface area (Å²) >= 11 is 0. The van der Waals surface area contributed by atoms with E-state index >= 15 is 0 Å². The van der Waals surface area contributed by atoms with Gasteiger partial charge in [0, 0.05) is 28.3 Å². The first-order valence-corrected chi connectivity index (χ1v) is 13.9. The summed E-state index contributed by atoms with van der Waals surface area (Å²) in [7, 11) is -3.85. The van der Waals surface area contributed by atoms with Gasteiger partial charge in [-0.25, -0.2) is 12.4 Å². The molecule has 188 valence electrons. The van der Waals surface area contributed by atoms with Crippen molar-refractivity contribution in [3.63, 3.8) is 0 Å². The van der Waals surface area contributed by atoms with Gasteiger partial charge in [-0.15, -0.1) is 0 Å². The normalized spacial score (nSPS) is 18.0. The van der Waals surface area contributed by atoms with Gasteiger partial charge in [0.2, 0.25) is 10.0 Å². The molecule has 36 heavy (non-hydrogen) atoms. The molecule has 0 radical (unpaired) electrons. The van der Waals surface area contributed by atoms with Gasteiger partial charge in [0.25, 0.3) is 5.91 Å². The maximum atomic E-state index is 13.1. The number of rotatable bonds is 7. The molecule has 0 unspecified atom stereocenters. The highest BCUT2D eigenvalue weighted by molar-refractivity contribution is 7.89. The average Bonchev–Trinajstić information content (AvgIpc) is 3.30. The van der Waals surface area contributed by atoms with Gasteiger partial charge in [0.15, 0.2) is 5.78 Å². The summed E-state index contributed by atoms with van der Waals surface area (Å²) < 4.78 is 32.4. The Morgan fingerprint density at radius 2 is 1.83 bits per heavy atom. The fraction of sp³-hybridized carbons (Fsp3) is 0.370. The topological polar surface area (TPSA) is 125 Å². The highest BCUT2D eigenvalue weighted by Crippen LogP contribution is 2.40. The molecule has 0 saturated heterocycles. The van der Waals surface area contributed by atoms with Crippen molar-refractivity contribution < 1.29 is 22.5 Å². The van der Waals surface area contributed by atoms with Crippen molar-refractivity contribution in [2.75, 3.05) is 6.26 Å². The Morgan fingerprint density at radius 3 is 2.42 bits per heavy atom. The lowest BCUT2D eigenvalue weighted by atomic mass is 9.71. The van der Waals surface area contributed by atoms with E-state index in [1.165, 1.54) is 0 Å². The van der Waals surface area contributed by atoms with Crippen LogP contribution in [-0.2, 0) is 10.0 Å². The molecule has 1 fully saturated rings. The number of carbonyl (C=O) groups excluding carboxylic acids is 2. The number of aromatic nitrogens is 2. The van der Waals surface area contributed by atoms with Crippen molar-refractivity contribution in [2.45, 2.75) is 46.5 Å². The minimum Gasteiger partial charge on any atom is -0.366 e. The predicted octanol–water partition coefficient (Wildman–Crippen LogP) is 4.98. The van der Waals surface area contributed by atoms with Crippen molar-refractivity contribution in [2.24, 2.45) is 17.6 Å². The molecule has 1 aliphatic carbocycles. The molecule has 0 atom stereocenters. The number of Topliss-reactive ketones (excluding diaryl/α,β-unsaturated/α-hetero) is 1. The van der Waals surface area contributed by atoms with Crippen molar-refractivity contribution >= 4 is 43.5 Å². The van der Waals surface area contributed by atoms with E-state index < -0.39 is 15.9 Å². The Hall–Kier alpha value is -3.46. The molecule has 2 aromatic heterocycles. The highest BCUT2D eigenvalue weighted by Gasteiger charge is 2.30. The third-order valence-electron chi connectivity index (χ3n) is 7.45. The van der Waals surface area contributed by atoms with E-state index in [0.717, 1.165) is 35.1 Å². The van der Waals surface area contributed by atoms with Gasteiger partial charge in [-0.3, -0.25) is 9.59 Å². The first kappa shape index (κ1) is 24.2. The van der Waals surface area contributed by atoms with Crippen molar-refractivity contribution in [3.8, 4) is 11.1 Å². The lowest BCUT2D eigenvalue weighted by Gasteiger charge is -2.34. The Kier molecular flexibility index (Phi) is 5.78. The summed E-state index contributed by atoms with van der Waals surface area (Å²) in [6, 6.07) is 8.50. The van der Waals surface area contributed by atoms with E-state index in [0.29, 0.717) is 57.1 Å². The summed E-state index contributed by atoms with van der Waals surface area (Å²) in [5, 5.41) is 5.16. The van der Waals surface area contributed by atoms with Crippen LogP contribution in [0.2, 0.25) is 0 Å². The summed E-state index contributed by atoms with van der Waals surface area (Å²) in [6.07, 6.45) is 4.76. The van der Waals surface area contributed by atoms with Crippen LogP contribution in [-0.4, -0.2) is 35.5 Å². The summed E-state index contributed by atoms with van der Waals surface area (Å²) in [5.41, 5.74) is 8.83. The van der Waals surface area contributed by atoms with Crippen molar-refractivity contribution in [3.05, 3.63) is 52.9 Å². The predicted molar refractivity (Wildman–Crippen MR) is 139 cm³/mol. The van der Waals surface area contributed by atoms with Crippen LogP contribution in [0.3, 0.4) is 0 Å². The minimum absolute atomic E-state index is 0.00621. The summed E-state index contributed by atoms with van der Waals surface area (Å²) in [5.74, 6) is 0.875. The molecule has 2 N–H and O–H groups in total. The van der Waals surface area contributed by atoms with E-state index in [9.17, 15) is 18.0 Å². The molecule has 4 aromatic rings. The van der Waals surface area contributed by atoms with Crippen LogP contribution in [0, 0.1) is 25.7 Å². The molecule has 2 heterocycles. The Labute approximate surface area is 209 Å². The number of ketones is 1. The lowest BCUT2D eigenvalue weighted by molar-refractivity contribution is 0.0891. The smallest absolute Gasteiger partial charge is 0.250 e. The van der Waals surface area contributed by atoms with Gasteiger partial charge < -0.3 is 10.3 Å². The van der Waals surface area contributed by atoms with E-state index in [1.807, 2.05) is 6.07 Å². The molecule has 8 nitrogen and oxygen atoms in total. The Morgan fingerprint density at radius 1 is 1.11 bits per heavy atom. The van der Waals surface area contributed by atoms with Crippen LogP contribution >= 0.6 is 0 Å². The van der Waals surface area contributed by atoms with Crippen LogP contribution in [0.4, 0.5) is 0 Å². The van der Waals surface area contributed by atoms with Crippen LogP contribution < -0.4 is 5.73 Å². The molecule has 1 amide bonds. The average molecular weight is 508 g/mol. The number of hydrogen-bond acceptors (Lipinski definition) is 6. The second-order valence-electron chi connectivity index (χ2n) is 9.98. The zero-order valence-corrected chi connectivity index (χ0v) is 21.6. The SMILES string of the molecule is CCC1CC(CC(=O)c2ccc3c4cc(-c5c(C)noc5C)cc(C(N)=O)c4n(S(C)(=O)=O)c3c2)C1. The largest absolute Gasteiger partial charge is 0.366 e. The molecule has 1 aliphatic rings. The molecular weight excluding hydrogens is 478 g/mol. The van der Waals surface area contributed by atoms with E-state index in [1.54, 1.807) is 38.1 Å². The fourth-order valence-corrected chi connectivity index (χ4v) is 6.64. The molecule has 9 heteroatoms. The van der Waals surface area contributed by atoms with Crippen LogP contribution in [0.25, 0.3) is 32.9 Å². The van der Waals surface area contributed by atoms with Gasteiger partial charge in [-0.05, 0) is 62.3 Å². The van der Waals surface area contributed by atoms with Gasteiger partial charge in [0.05, 0.1) is 28.5 Å². The van der Waals surface area contributed by atoms with E-state index in [-0.39, 0.29) is 16.9 Å². The number of aryl methyl sites for hydroxylation is 2. The zero-order chi connectivity index (χ0) is 25.9. The van der Waals surface area contributed by atoms with Crippen molar-refractivity contribution in [1.29, 1.82) is 0 Å². The summed E-state index contributed by atoms with van der Waals surface area (Å²) in [6.45, 7) is 5.73. The first-order chi connectivity index (χ1) is 17.0.